The van der Waals surface area contributed by atoms with Gasteiger partial charge in [-0.1, -0.05) is 12.1 Å². The summed E-state index contributed by atoms with van der Waals surface area (Å²) in [5.74, 6) is -0.810. The second-order valence-electron chi connectivity index (χ2n) is 6.53. The summed E-state index contributed by atoms with van der Waals surface area (Å²) in [6, 6.07) is 11.4. The number of hydrogen-bond acceptors (Lipinski definition) is 5. The van der Waals surface area contributed by atoms with Gasteiger partial charge in [-0.3, -0.25) is 14.3 Å². The molecule has 1 aromatic heterocycles. The summed E-state index contributed by atoms with van der Waals surface area (Å²) < 4.78 is 50.3. The van der Waals surface area contributed by atoms with Gasteiger partial charge in [0.1, 0.15) is 18.0 Å². The van der Waals surface area contributed by atoms with Crippen LogP contribution in [0.2, 0.25) is 0 Å². The van der Waals surface area contributed by atoms with Gasteiger partial charge >= 0.3 is 6.18 Å². The second kappa shape index (κ2) is 9.86. The molecule has 8 nitrogen and oxygen atoms in total. The number of rotatable bonds is 8. The largest absolute Gasteiger partial charge is 0.497 e. The van der Waals surface area contributed by atoms with Crippen molar-refractivity contribution in [1.29, 1.82) is 0 Å². The van der Waals surface area contributed by atoms with Crippen molar-refractivity contribution >= 4 is 23.2 Å². The van der Waals surface area contributed by atoms with Crippen LogP contribution < -0.4 is 20.1 Å². The van der Waals surface area contributed by atoms with Crippen LogP contribution in [0.3, 0.4) is 0 Å². The molecule has 2 N–H and O–H groups in total. The molecule has 32 heavy (non-hydrogen) atoms. The Balaban J connectivity index is 1.50. The summed E-state index contributed by atoms with van der Waals surface area (Å²) >= 11 is 0. The second-order valence-corrected chi connectivity index (χ2v) is 6.53. The number of carbonyl (C=O) groups excluding carboxylic acids is 2. The molecule has 0 spiro atoms. The Kier molecular flexibility index (Phi) is 6.98. The van der Waals surface area contributed by atoms with Crippen LogP contribution in [0.25, 0.3) is 0 Å². The normalized spacial score (nSPS) is 11.0. The molecule has 11 heteroatoms. The Morgan fingerprint density at radius 1 is 1.00 bits per heavy atom. The highest BCUT2D eigenvalue weighted by Crippen LogP contribution is 2.35. The van der Waals surface area contributed by atoms with E-state index in [0.29, 0.717) is 11.4 Å². The minimum atomic E-state index is -4.60. The molecule has 0 aliphatic heterocycles. The molecule has 0 saturated heterocycles. The molecular formula is C21H19F3N4O4. The zero-order valence-electron chi connectivity index (χ0n) is 16.8. The van der Waals surface area contributed by atoms with Gasteiger partial charge in [0, 0.05) is 11.9 Å². The summed E-state index contributed by atoms with van der Waals surface area (Å²) in [6.07, 6.45) is -1.88. The Morgan fingerprint density at radius 3 is 2.38 bits per heavy atom. The molecule has 3 rings (SSSR count). The third-order valence-electron chi connectivity index (χ3n) is 4.15. The number of amides is 2. The lowest BCUT2D eigenvalue weighted by atomic mass is 10.2. The number of nitrogens with one attached hydrogen (secondary N) is 2. The fourth-order valence-electron chi connectivity index (χ4n) is 2.70. The van der Waals surface area contributed by atoms with E-state index in [1.807, 2.05) is 0 Å². The average molecular weight is 448 g/mol. The highest BCUT2D eigenvalue weighted by atomic mass is 19.4. The van der Waals surface area contributed by atoms with Gasteiger partial charge in [0.25, 0.3) is 5.91 Å². The summed E-state index contributed by atoms with van der Waals surface area (Å²) in [4.78, 5) is 24.2. The number of anilines is 2. The van der Waals surface area contributed by atoms with E-state index in [1.54, 1.807) is 24.3 Å². The SMILES string of the molecule is COc1ccc(NC(=O)Cn2cc(NC(=O)COc3ccccc3C(F)(F)F)cn2)cc1. The van der Waals surface area contributed by atoms with Crippen molar-refractivity contribution in [3.8, 4) is 11.5 Å². The van der Waals surface area contributed by atoms with Gasteiger partial charge in [-0.15, -0.1) is 0 Å². The predicted octanol–water partition coefficient (Wildman–Crippen LogP) is 3.57. The zero-order valence-corrected chi connectivity index (χ0v) is 16.8. The lowest BCUT2D eigenvalue weighted by molar-refractivity contribution is -0.139. The van der Waals surface area contributed by atoms with E-state index in [-0.39, 0.29) is 18.1 Å². The van der Waals surface area contributed by atoms with Crippen LogP contribution in [-0.4, -0.2) is 35.3 Å². The van der Waals surface area contributed by atoms with E-state index in [1.165, 1.54) is 36.3 Å². The molecule has 0 saturated carbocycles. The summed E-state index contributed by atoms with van der Waals surface area (Å²) in [6.45, 7) is -0.742. The van der Waals surface area contributed by atoms with Crippen molar-refractivity contribution in [3.05, 3.63) is 66.5 Å². The number of para-hydroxylation sites is 1. The first-order chi connectivity index (χ1) is 15.2. The van der Waals surface area contributed by atoms with Crippen molar-refractivity contribution in [2.75, 3.05) is 24.4 Å². The number of carbonyl (C=O) groups is 2. The smallest absolute Gasteiger partial charge is 0.419 e. The minimum Gasteiger partial charge on any atom is -0.497 e. The number of benzene rings is 2. The highest BCUT2D eigenvalue weighted by molar-refractivity contribution is 5.92. The van der Waals surface area contributed by atoms with E-state index in [0.717, 1.165) is 12.1 Å². The van der Waals surface area contributed by atoms with Gasteiger partial charge in [0.2, 0.25) is 5.91 Å². The third-order valence-corrected chi connectivity index (χ3v) is 4.15. The Labute approximate surface area is 180 Å². The molecule has 0 aliphatic rings. The summed E-state index contributed by atoms with van der Waals surface area (Å²) in [5.41, 5.74) is -0.129. The molecule has 2 amide bonds. The number of aromatic nitrogens is 2. The molecule has 0 atom stereocenters. The lowest BCUT2D eigenvalue weighted by Gasteiger charge is -2.13. The fraction of sp³-hybridized carbons (Fsp3) is 0.190. The Morgan fingerprint density at radius 2 is 1.69 bits per heavy atom. The van der Waals surface area contributed by atoms with Gasteiger partial charge in [-0.05, 0) is 36.4 Å². The molecule has 3 aromatic rings. The maximum Gasteiger partial charge on any atom is 0.419 e. The van der Waals surface area contributed by atoms with Gasteiger partial charge in [0.05, 0.1) is 24.6 Å². The van der Waals surface area contributed by atoms with E-state index in [4.69, 9.17) is 9.47 Å². The first-order valence-electron chi connectivity index (χ1n) is 9.30. The summed E-state index contributed by atoms with van der Waals surface area (Å²) in [5, 5.41) is 9.12. The van der Waals surface area contributed by atoms with Crippen molar-refractivity contribution in [3.63, 3.8) is 0 Å². The van der Waals surface area contributed by atoms with E-state index < -0.39 is 30.0 Å². The maximum atomic E-state index is 13.0. The molecular weight excluding hydrogens is 429 g/mol. The molecule has 0 unspecified atom stereocenters. The first-order valence-corrected chi connectivity index (χ1v) is 9.30. The fourth-order valence-corrected chi connectivity index (χ4v) is 2.70. The van der Waals surface area contributed by atoms with Crippen LogP contribution in [-0.2, 0) is 22.3 Å². The number of halogens is 3. The zero-order chi connectivity index (χ0) is 23.1. The standard InChI is InChI=1S/C21H19F3N4O4/c1-31-16-8-6-14(7-9-16)26-19(29)12-28-11-15(10-25-28)27-20(30)13-32-18-5-3-2-4-17(18)21(22,23)24/h2-11H,12-13H2,1H3,(H,26,29)(H,27,30). The van der Waals surface area contributed by atoms with Gasteiger partial charge in [-0.2, -0.15) is 18.3 Å². The van der Waals surface area contributed by atoms with Crippen LogP contribution in [0.1, 0.15) is 5.56 Å². The number of methoxy groups -OCH3 is 1. The van der Waals surface area contributed by atoms with E-state index in [9.17, 15) is 22.8 Å². The van der Waals surface area contributed by atoms with Crippen molar-refractivity contribution in [2.45, 2.75) is 12.7 Å². The van der Waals surface area contributed by atoms with Crippen LogP contribution in [0, 0.1) is 0 Å². The molecule has 0 fully saturated rings. The number of alkyl halides is 3. The Bertz CT molecular complexity index is 1080. The minimum absolute atomic E-state index is 0.114. The average Bonchev–Trinajstić information content (AvgIpc) is 3.18. The quantitative estimate of drug-likeness (QED) is 0.550. The topological polar surface area (TPSA) is 94.5 Å². The van der Waals surface area contributed by atoms with E-state index >= 15 is 0 Å². The molecule has 1 heterocycles. The Hall–Kier alpha value is -4.02. The van der Waals surface area contributed by atoms with Crippen LogP contribution in [0.4, 0.5) is 24.5 Å². The lowest BCUT2D eigenvalue weighted by Crippen LogP contribution is -2.21. The van der Waals surface area contributed by atoms with Crippen LogP contribution in [0.5, 0.6) is 11.5 Å². The summed E-state index contributed by atoms with van der Waals surface area (Å²) in [7, 11) is 1.54. The van der Waals surface area contributed by atoms with Crippen molar-refractivity contribution in [1.82, 2.24) is 9.78 Å². The van der Waals surface area contributed by atoms with Crippen LogP contribution >= 0.6 is 0 Å². The molecule has 2 aromatic carbocycles. The highest BCUT2D eigenvalue weighted by Gasteiger charge is 2.34. The molecule has 0 bridgehead atoms. The predicted molar refractivity (Wildman–Crippen MR) is 109 cm³/mol. The molecule has 0 radical (unpaired) electrons. The van der Waals surface area contributed by atoms with Crippen molar-refractivity contribution < 1.29 is 32.2 Å². The van der Waals surface area contributed by atoms with Gasteiger partial charge in [-0.25, -0.2) is 0 Å². The number of hydrogen-bond donors (Lipinski definition) is 2. The third kappa shape index (κ3) is 6.24. The maximum absolute atomic E-state index is 13.0. The molecule has 168 valence electrons. The first kappa shape index (κ1) is 22.7. The van der Waals surface area contributed by atoms with Crippen molar-refractivity contribution in [2.24, 2.45) is 0 Å². The molecule has 0 aliphatic carbocycles. The number of nitrogens with zero attached hydrogens (tertiary/aromatic N) is 2. The number of ether oxygens (including phenoxy) is 2. The van der Waals surface area contributed by atoms with Gasteiger partial charge in [0.15, 0.2) is 6.61 Å². The van der Waals surface area contributed by atoms with E-state index in [2.05, 4.69) is 15.7 Å². The van der Waals surface area contributed by atoms with Gasteiger partial charge < -0.3 is 20.1 Å². The van der Waals surface area contributed by atoms with Crippen LogP contribution in [0.15, 0.2) is 60.9 Å². The monoisotopic (exact) mass is 448 g/mol.